The summed E-state index contributed by atoms with van der Waals surface area (Å²) in [6.45, 7) is 1.99. The van der Waals surface area contributed by atoms with E-state index >= 15 is 0 Å². The molecule has 0 radical (unpaired) electrons. The summed E-state index contributed by atoms with van der Waals surface area (Å²) in [5.41, 5.74) is 1.76. The van der Waals surface area contributed by atoms with Crippen molar-refractivity contribution in [3.8, 4) is 11.3 Å². The number of hydrogen-bond donors (Lipinski definition) is 0. The Hall–Kier alpha value is -2.67. The molecule has 0 aliphatic rings. The largest absolute Gasteiger partial charge is 0.462 e. The maximum absolute atomic E-state index is 13.5. The normalized spacial score (nSPS) is 11.6. The third-order valence-electron chi connectivity index (χ3n) is 3.74. The minimum Gasteiger partial charge on any atom is -0.462 e. The van der Waals surface area contributed by atoms with Gasteiger partial charge in [0.2, 0.25) is 10.0 Å². The van der Waals surface area contributed by atoms with E-state index in [-0.39, 0.29) is 6.61 Å². The summed E-state index contributed by atoms with van der Waals surface area (Å²) in [7, 11) is -3.61. The summed E-state index contributed by atoms with van der Waals surface area (Å²) in [6, 6.07) is 12.0. The Labute approximate surface area is 144 Å². The molecular formula is C18H16FNO4S. The molecule has 0 aliphatic heterocycles. The van der Waals surface area contributed by atoms with Gasteiger partial charge in [-0.3, -0.25) is 0 Å². The zero-order valence-corrected chi connectivity index (χ0v) is 14.5. The number of nitrogens with zero attached hydrogens (tertiary/aromatic N) is 1. The number of rotatable bonds is 4. The second-order valence-corrected chi connectivity index (χ2v) is 7.39. The van der Waals surface area contributed by atoms with Gasteiger partial charge in [-0.15, -0.1) is 0 Å². The molecule has 3 aromatic rings. The van der Waals surface area contributed by atoms with E-state index in [4.69, 9.17) is 4.74 Å². The molecule has 0 atom stereocenters. The lowest BCUT2D eigenvalue weighted by molar-refractivity contribution is 0.0526. The van der Waals surface area contributed by atoms with Gasteiger partial charge in [-0.1, -0.05) is 12.1 Å². The first kappa shape index (κ1) is 17.2. The summed E-state index contributed by atoms with van der Waals surface area (Å²) >= 11 is 0. The fourth-order valence-corrected chi connectivity index (χ4v) is 3.75. The minimum absolute atomic E-state index is 0.272. The van der Waals surface area contributed by atoms with Crippen LogP contribution in [0.1, 0.15) is 17.3 Å². The van der Waals surface area contributed by atoms with Crippen LogP contribution in [0.2, 0.25) is 0 Å². The number of fused-ring (bicyclic) bond motifs is 1. The maximum Gasteiger partial charge on any atom is 0.338 e. The third kappa shape index (κ3) is 3.28. The summed E-state index contributed by atoms with van der Waals surface area (Å²) < 4.78 is 44.1. The lowest BCUT2D eigenvalue weighted by atomic mass is 10.1. The van der Waals surface area contributed by atoms with E-state index in [1.807, 2.05) is 0 Å². The molecule has 25 heavy (non-hydrogen) atoms. The average molecular weight is 361 g/mol. The number of esters is 1. The van der Waals surface area contributed by atoms with Gasteiger partial charge in [0.15, 0.2) is 0 Å². The predicted molar refractivity (Wildman–Crippen MR) is 93.5 cm³/mol. The van der Waals surface area contributed by atoms with E-state index in [0.717, 1.165) is 6.26 Å². The highest BCUT2D eigenvalue weighted by Gasteiger charge is 2.18. The van der Waals surface area contributed by atoms with E-state index in [0.29, 0.717) is 27.7 Å². The molecule has 0 bridgehead atoms. The molecule has 1 heterocycles. The molecular weight excluding hydrogens is 345 g/mol. The van der Waals surface area contributed by atoms with Gasteiger partial charge in [0.1, 0.15) is 5.82 Å². The molecule has 0 fully saturated rings. The van der Waals surface area contributed by atoms with Crippen LogP contribution in [-0.2, 0) is 14.8 Å². The van der Waals surface area contributed by atoms with Crippen LogP contribution in [0.25, 0.3) is 22.2 Å². The van der Waals surface area contributed by atoms with Gasteiger partial charge in [0.25, 0.3) is 0 Å². The fraction of sp³-hybridized carbons (Fsp3) is 0.167. The van der Waals surface area contributed by atoms with E-state index in [1.165, 1.54) is 22.2 Å². The number of hydrogen-bond acceptors (Lipinski definition) is 4. The van der Waals surface area contributed by atoms with E-state index in [2.05, 4.69) is 0 Å². The van der Waals surface area contributed by atoms with Gasteiger partial charge in [0, 0.05) is 5.39 Å². The Morgan fingerprint density at radius 1 is 1.12 bits per heavy atom. The summed E-state index contributed by atoms with van der Waals surface area (Å²) in [5, 5.41) is 0.481. The van der Waals surface area contributed by atoms with Crippen molar-refractivity contribution in [2.45, 2.75) is 6.92 Å². The second-order valence-electron chi connectivity index (χ2n) is 5.56. The van der Waals surface area contributed by atoms with Gasteiger partial charge in [-0.05, 0) is 48.9 Å². The van der Waals surface area contributed by atoms with Crippen LogP contribution in [-0.4, -0.2) is 31.2 Å². The SMILES string of the molecule is CCOC(=O)c1ccc(-c2cc3cc(F)ccc3n2S(C)(=O)=O)cc1. The Morgan fingerprint density at radius 3 is 2.40 bits per heavy atom. The van der Waals surface area contributed by atoms with Crippen molar-refractivity contribution in [2.75, 3.05) is 12.9 Å². The lowest BCUT2D eigenvalue weighted by Gasteiger charge is -2.09. The van der Waals surface area contributed by atoms with Crippen molar-refractivity contribution in [1.82, 2.24) is 3.97 Å². The van der Waals surface area contributed by atoms with Crippen molar-refractivity contribution in [2.24, 2.45) is 0 Å². The molecule has 130 valence electrons. The van der Waals surface area contributed by atoms with E-state index < -0.39 is 21.8 Å². The van der Waals surface area contributed by atoms with Crippen LogP contribution < -0.4 is 0 Å². The van der Waals surface area contributed by atoms with Gasteiger partial charge in [0.05, 0.1) is 29.6 Å². The molecule has 1 aromatic heterocycles. The van der Waals surface area contributed by atoms with Crippen molar-refractivity contribution in [3.63, 3.8) is 0 Å². The topological polar surface area (TPSA) is 65.4 Å². The maximum atomic E-state index is 13.5. The highest BCUT2D eigenvalue weighted by molar-refractivity contribution is 7.89. The smallest absolute Gasteiger partial charge is 0.338 e. The third-order valence-corrected chi connectivity index (χ3v) is 4.80. The molecule has 0 saturated carbocycles. The van der Waals surface area contributed by atoms with Crippen LogP contribution in [0.5, 0.6) is 0 Å². The highest BCUT2D eigenvalue weighted by atomic mass is 32.2. The Bertz CT molecular complexity index is 1050. The molecule has 0 aliphatic carbocycles. The standard InChI is InChI=1S/C18H16FNO4S/c1-3-24-18(21)13-6-4-12(5-7-13)17-11-14-10-15(19)8-9-16(14)20(17)25(2,22)23/h4-11H,3H2,1-2H3. The van der Waals surface area contributed by atoms with Crippen LogP contribution in [0, 0.1) is 5.82 Å². The summed E-state index contributed by atoms with van der Waals surface area (Å²) in [4.78, 5) is 11.7. The molecule has 2 aromatic carbocycles. The van der Waals surface area contributed by atoms with Gasteiger partial charge in [-0.2, -0.15) is 0 Å². The van der Waals surface area contributed by atoms with Gasteiger partial charge < -0.3 is 4.74 Å². The number of ether oxygens (including phenoxy) is 1. The number of carbonyl (C=O) groups is 1. The van der Waals surface area contributed by atoms with Crippen molar-refractivity contribution in [1.29, 1.82) is 0 Å². The van der Waals surface area contributed by atoms with Crippen molar-refractivity contribution < 1.29 is 22.3 Å². The zero-order valence-electron chi connectivity index (χ0n) is 13.7. The number of carbonyl (C=O) groups excluding carboxylic acids is 1. The van der Waals surface area contributed by atoms with Crippen LogP contribution >= 0.6 is 0 Å². The second kappa shape index (κ2) is 6.33. The highest BCUT2D eigenvalue weighted by Crippen LogP contribution is 2.30. The first-order valence-electron chi connectivity index (χ1n) is 7.60. The monoisotopic (exact) mass is 361 g/mol. The van der Waals surface area contributed by atoms with Crippen LogP contribution in [0.15, 0.2) is 48.5 Å². The molecule has 0 unspecified atom stereocenters. The lowest BCUT2D eigenvalue weighted by Crippen LogP contribution is -2.11. The Balaban J connectivity index is 2.17. The molecule has 0 amide bonds. The number of aromatic nitrogens is 1. The molecule has 0 spiro atoms. The van der Waals surface area contributed by atoms with Crippen molar-refractivity contribution >= 4 is 26.9 Å². The van der Waals surface area contributed by atoms with Gasteiger partial charge >= 0.3 is 5.97 Å². The Morgan fingerprint density at radius 2 is 1.80 bits per heavy atom. The van der Waals surface area contributed by atoms with Gasteiger partial charge in [-0.25, -0.2) is 21.6 Å². The quantitative estimate of drug-likeness (QED) is 0.668. The average Bonchev–Trinajstić information content (AvgIpc) is 2.94. The first-order chi connectivity index (χ1) is 11.8. The van der Waals surface area contributed by atoms with Crippen molar-refractivity contribution in [3.05, 3.63) is 59.9 Å². The fourth-order valence-electron chi connectivity index (χ4n) is 2.71. The predicted octanol–water partition coefficient (Wildman–Crippen LogP) is 3.43. The number of benzene rings is 2. The first-order valence-corrected chi connectivity index (χ1v) is 9.45. The molecule has 3 rings (SSSR count). The molecule has 0 N–H and O–H groups in total. The minimum atomic E-state index is -3.61. The Kier molecular flexibility index (Phi) is 4.34. The molecule has 7 heteroatoms. The summed E-state index contributed by atoms with van der Waals surface area (Å²) in [5.74, 6) is -0.887. The number of halogens is 1. The summed E-state index contributed by atoms with van der Waals surface area (Å²) in [6.07, 6.45) is 1.09. The van der Waals surface area contributed by atoms with Crippen LogP contribution in [0.4, 0.5) is 4.39 Å². The van der Waals surface area contributed by atoms with E-state index in [9.17, 15) is 17.6 Å². The molecule has 0 saturated heterocycles. The molecule has 5 nitrogen and oxygen atoms in total. The zero-order chi connectivity index (χ0) is 18.2. The van der Waals surface area contributed by atoms with E-state index in [1.54, 1.807) is 37.3 Å². The van der Waals surface area contributed by atoms with Crippen LogP contribution in [0.3, 0.4) is 0 Å².